The predicted octanol–water partition coefficient (Wildman–Crippen LogP) is 4.92. The van der Waals surface area contributed by atoms with Crippen LogP contribution in [0.25, 0.3) is 0 Å². The number of benzene rings is 1. The molecule has 1 aliphatic rings. The van der Waals surface area contributed by atoms with Gasteiger partial charge in [0.15, 0.2) is 0 Å². The van der Waals surface area contributed by atoms with Gasteiger partial charge < -0.3 is 0 Å². The van der Waals surface area contributed by atoms with Crippen molar-refractivity contribution in [2.75, 3.05) is 0 Å². The molecule has 90 valence electrons. The molecule has 1 saturated carbocycles. The molecule has 1 aromatic rings. The van der Waals surface area contributed by atoms with E-state index in [4.69, 9.17) is 11.6 Å². The molecule has 0 bridgehead atoms. The van der Waals surface area contributed by atoms with Gasteiger partial charge in [-0.3, -0.25) is 0 Å². The highest BCUT2D eigenvalue weighted by molar-refractivity contribution is 6.30. The summed E-state index contributed by atoms with van der Waals surface area (Å²) in [6, 6.07) is 10.3. The van der Waals surface area contributed by atoms with E-state index in [-0.39, 0.29) is 5.92 Å². The third kappa shape index (κ3) is 3.23. The fourth-order valence-corrected chi connectivity index (χ4v) is 3.00. The number of nitriles is 1. The lowest BCUT2D eigenvalue weighted by atomic mass is 9.82. The number of hydrogen-bond donors (Lipinski definition) is 0. The minimum atomic E-state index is 0.0202. The zero-order valence-electron chi connectivity index (χ0n) is 10.0. The summed E-state index contributed by atoms with van der Waals surface area (Å²) in [5.74, 6) is 0.535. The predicted molar refractivity (Wildman–Crippen MR) is 71.0 cm³/mol. The monoisotopic (exact) mass is 247 g/mol. The molecule has 0 aromatic heterocycles. The first-order chi connectivity index (χ1) is 8.31. The van der Waals surface area contributed by atoms with Crippen LogP contribution in [0.4, 0.5) is 0 Å². The van der Waals surface area contributed by atoms with Gasteiger partial charge in [0.2, 0.25) is 0 Å². The molecule has 1 atom stereocenters. The van der Waals surface area contributed by atoms with Crippen LogP contribution in [-0.2, 0) is 0 Å². The van der Waals surface area contributed by atoms with Gasteiger partial charge in [-0.05, 0) is 36.5 Å². The normalized spacial score (nSPS) is 19.3. The van der Waals surface area contributed by atoms with Gasteiger partial charge in [-0.2, -0.15) is 5.26 Å². The van der Waals surface area contributed by atoms with Gasteiger partial charge in [-0.1, -0.05) is 49.4 Å². The van der Waals surface area contributed by atoms with Crippen molar-refractivity contribution in [1.82, 2.24) is 0 Å². The van der Waals surface area contributed by atoms with Crippen LogP contribution >= 0.6 is 11.6 Å². The molecule has 0 N–H and O–H groups in total. The maximum atomic E-state index is 9.42. The zero-order valence-corrected chi connectivity index (χ0v) is 10.8. The third-order valence-corrected chi connectivity index (χ3v) is 3.95. The van der Waals surface area contributed by atoms with E-state index in [9.17, 15) is 5.26 Å². The molecule has 1 nitrogen and oxygen atoms in total. The van der Waals surface area contributed by atoms with E-state index >= 15 is 0 Å². The Hall–Kier alpha value is -1.00. The number of hydrogen-bond acceptors (Lipinski definition) is 1. The van der Waals surface area contributed by atoms with Crippen molar-refractivity contribution < 1.29 is 0 Å². The van der Waals surface area contributed by atoms with Crippen molar-refractivity contribution in [3.05, 3.63) is 34.9 Å². The quantitative estimate of drug-likeness (QED) is 0.681. The molecule has 0 amide bonds. The van der Waals surface area contributed by atoms with Crippen LogP contribution in [0.15, 0.2) is 24.3 Å². The Balaban J connectivity index is 2.18. The van der Waals surface area contributed by atoms with Gasteiger partial charge in [0.1, 0.15) is 0 Å². The zero-order chi connectivity index (χ0) is 12.1. The standard InChI is InChI=1S/C15H18ClN/c16-14-9-5-8-13(10-14)15(11-17)12-6-3-1-2-4-7-12/h5,8-10,12,15H,1-4,6-7H2. The van der Waals surface area contributed by atoms with Crippen molar-refractivity contribution in [2.45, 2.75) is 44.4 Å². The summed E-state index contributed by atoms with van der Waals surface area (Å²) in [4.78, 5) is 0. The fraction of sp³-hybridized carbons (Fsp3) is 0.533. The van der Waals surface area contributed by atoms with E-state index in [1.807, 2.05) is 24.3 Å². The van der Waals surface area contributed by atoms with Crippen LogP contribution in [0.3, 0.4) is 0 Å². The van der Waals surface area contributed by atoms with E-state index in [0.29, 0.717) is 5.92 Å². The average Bonchev–Trinajstić information content (AvgIpc) is 2.59. The molecule has 1 aliphatic carbocycles. The Kier molecular flexibility index (Phi) is 4.45. The summed E-state index contributed by atoms with van der Waals surface area (Å²) in [5, 5.41) is 10.2. The molecule has 0 aliphatic heterocycles. The topological polar surface area (TPSA) is 23.8 Å². The molecule has 0 spiro atoms. The van der Waals surface area contributed by atoms with Crippen LogP contribution in [0.1, 0.15) is 50.0 Å². The molecule has 2 heteroatoms. The van der Waals surface area contributed by atoms with Gasteiger partial charge >= 0.3 is 0 Å². The SMILES string of the molecule is N#CC(c1cccc(Cl)c1)C1CCCCCC1. The molecule has 2 rings (SSSR count). The first-order valence-corrected chi connectivity index (χ1v) is 6.84. The van der Waals surface area contributed by atoms with Crippen LogP contribution in [0.2, 0.25) is 5.02 Å². The Morgan fingerprint density at radius 2 is 1.88 bits per heavy atom. The molecule has 0 heterocycles. The molecule has 0 radical (unpaired) electrons. The van der Waals surface area contributed by atoms with Crippen molar-refractivity contribution >= 4 is 11.6 Å². The molecule has 1 unspecified atom stereocenters. The highest BCUT2D eigenvalue weighted by atomic mass is 35.5. The van der Waals surface area contributed by atoms with Gasteiger partial charge in [-0.25, -0.2) is 0 Å². The molecular weight excluding hydrogens is 230 g/mol. The summed E-state index contributed by atoms with van der Waals surface area (Å²) in [5.41, 5.74) is 1.09. The third-order valence-electron chi connectivity index (χ3n) is 3.72. The largest absolute Gasteiger partial charge is 0.198 e. The van der Waals surface area contributed by atoms with Crippen LogP contribution in [-0.4, -0.2) is 0 Å². The Bertz CT molecular complexity index is 400. The maximum Gasteiger partial charge on any atom is 0.0741 e. The summed E-state index contributed by atoms with van der Waals surface area (Å²) >= 11 is 6.01. The molecular formula is C15H18ClN. The first kappa shape index (κ1) is 12.5. The van der Waals surface area contributed by atoms with Gasteiger partial charge in [0, 0.05) is 5.02 Å². The molecule has 17 heavy (non-hydrogen) atoms. The highest BCUT2D eigenvalue weighted by Gasteiger charge is 2.24. The number of nitrogens with zero attached hydrogens (tertiary/aromatic N) is 1. The molecule has 0 saturated heterocycles. The Morgan fingerprint density at radius 1 is 1.18 bits per heavy atom. The van der Waals surface area contributed by atoms with E-state index in [1.54, 1.807) is 0 Å². The van der Waals surface area contributed by atoms with Crippen LogP contribution < -0.4 is 0 Å². The summed E-state index contributed by atoms with van der Waals surface area (Å²) in [6.07, 6.45) is 7.55. The number of halogens is 1. The van der Waals surface area contributed by atoms with Crippen molar-refractivity contribution in [2.24, 2.45) is 5.92 Å². The van der Waals surface area contributed by atoms with E-state index in [1.165, 1.54) is 38.5 Å². The van der Waals surface area contributed by atoms with Gasteiger partial charge in [0.05, 0.1) is 12.0 Å². The number of rotatable bonds is 2. The summed E-state index contributed by atoms with van der Waals surface area (Å²) < 4.78 is 0. The summed E-state index contributed by atoms with van der Waals surface area (Å²) in [7, 11) is 0. The van der Waals surface area contributed by atoms with Crippen molar-refractivity contribution in [3.63, 3.8) is 0 Å². The van der Waals surface area contributed by atoms with Gasteiger partial charge in [-0.15, -0.1) is 0 Å². The second kappa shape index (κ2) is 6.07. The molecule has 1 aromatic carbocycles. The Morgan fingerprint density at radius 3 is 2.47 bits per heavy atom. The molecule has 1 fully saturated rings. The van der Waals surface area contributed by atoms with E-state index in [0.717, 1.165) is 10.6 Å². The Labute approximate surface area is 108 Å². The lowest BCUT2D eigenvalue weighted by molar-refractivity contribution is 0.425. The van der Waals surface area contributed by atoms with Crippen LogP contribution in [0, 0.1) is 17.2 Å². The fourth-order valence-electron chi connectivity index (χ4n) is 2.80. The van der Waals surface area contributed by atoms with Crippen molar-refractivity contribution in [3.8, 4) is 6.07 Å². The van der Waals surface area contributed by atoms with Crippen LogP contribution in [0.5, 0.6) is 0 Å². The minimum Gasteiger partial charge on any atom is -0.198 e. The van der Waals surface area contributed by atoms with Gasteiger partial charge in [0.25, 0.3) is 0 Å². The smallest absolute Gasteiger partial charge is 0.0741 e. The lowest BCUT2D eigenvalue weighted by Gasteiger charge is -2.20. The van der Waals surface area contributed by atoms with Crippen molar-refractivity contribution in [1.29, 1.82) is 5.26 Å². The second-order valence-electron chi connectivity index (χ2n) is 4.91. The average molecular weight is 248 g/mol. The summed E-state index contributed by atoms with van der Waals surface area (Å²) in [6.45, 7) is 0. The second-order valence-corrected chi connectivity index (χ2v) is 5.35. The maximum absolute atomic E-state index is 9.42. The highest BCUT2D eigenvalue weighted by Crippen LogP contribution is 2.35. The lowest BCUT2D eigenvalue weighted by Crippen LogP contribution is -2.10. The van der Waals surface area contributed by atoms with E-state index in [2.05, 4.69) is 6.07 Å². The first-order valence-electron chi connectivity index (χ1n) is 6.46. The minimum absolute atomic E-state index is 0.0202. The van der Waals surface area contributed by atoms with E-state index < -0.39 is 0 Å².